The van der Waals surface area contributed by atoms with Gasteiger partial charge in [0.05, 0.1) is 5.39 Å². The molecule has 0 saturated carbocycles. The predicted molar refractivity (Wildman–Crippen MR) is 99.2 cm³/mol. The third kappa shape index (κ3) is 3.40. The van der Waals surface area contributed by atoms with Crippen LogP contribution in [-0.2, 0) is 11.3 Å². The maximum atomic E-state index is 12.6. The van der Waals surface area contributed by atoms with Crippen LogP contribution in [-0.4, -0.2) is 34.5 Å². The summed E-state index contributed by atoms with van der Waals surface area (Å²) in [7, 11) is 3.91. The second-order valence-electron chi connectivity index (χ2n) is 6.25. The van der Waals surface area contributed by atoms with E-state index in [4.69, 9.17) is 0 Å². The molecule has 7 heteroatoms. The van der Waals surface area contributed by atoms with Gasteiger partial charge in [0.25, 0.3) is 5.56 Å². The Morgan fingerprint density at radius 1 is 1.24 bits per heavy atom. The van der Waals surface area contributed by atoms with Crippen molar-refractivity contribution in [3.8, 4) is 0 Å². The average molecular weight is 339 g/mol. The number of hydrogen-bond acceptors (Lipinski definition) is 4. The van der Waals surface area contributed by atoms with Crippen LogP contribution in [0.2, 0.25) is 0 Å². The van der Waals surface area contributed by atoms with Crippen LogP contribution in [0, 0.1) is 13.8 Å². The van der Waals surface area contributed by atoms with Crippen LogP contribution in [0.25, 0.3) is 11.0 Å². The van der Waals surface area contributed by atoms with Crippen molar-refractivity contribution in [2.45, 2.75) is 20.4 Å². The second kappa shape index (κ2) is 6.43. The third-order valence-electron chi connectivity index (χ3n) is 4.04. The van der Waals surface area contributed by atoms with Crippen LogP contribution < -0.4 is 15.8 Å². The van der Waals surface area contributed by atoms with E-state index in [1.54, 1.807) is 13.0 Å². The van der Waals surface area contributed by atoms with Crippen LogP contribution >= 0.6 is 0 Å². The number of fused-ring (bicyclic) bond motifs is 1. The number of carbonyl (C=O) groups excluding carboxylic acids is 1. The molecule has 0 spiro atoms. The van der Waals surface area contributed by atoms with E-state index in [9.17, 15) is 9.59 Å². The van der Waals surface area contributed by atoms with Crippen molar-refractivity contribution >= 4 is 28.3 Å². The standard InChI is InChI=1S/C18H21N5O2/c1-11-9-15-17(19-11)20-12(2)23(18(15)25)10-16(24)21-13-5-7-14(8-6-13)22(3)4/h5-9,19H,10H2,1-4H3,(H,21,24). The summed E-state index contributed by atoms with van der Waals surface area (Å²) in [5, 5.41) is 3.30. The molecule has 25 heavy (non-hydrogen) atoms. The number of aryl methyl sites for hydroxylation is 2. The number of amides is 1. The lowest BCUT2D eigenvalue weighted by Gasteiger charge is -2.13. The molecule has 2 N–H and O–H groups in total. The normalized spacial score (nSPS) is 10.9. The number of rotatable bonds is 4. The van der Waals surface area contributed by atoms with E-state index in [-0.39, 0.29) is 18.0 Å². The number of aromatic amines is 1. The molecule has 7 nitrogen and oxygen atoms in total. The number of benzene rings is 1. The van der Waals surface area contributed by atoms with Gasteiger partial charge >= 0.3 is 0 Å². The molecule has 3 aromatic rings. The minimum absolute atomic E-state index is 0.0761. The summed E-state index contributed by atoms with van der Waals surface area (Å²) in [5.41, 5.74) is 2.93. The van der Waals surface area contributed by atoms with Crippen molar-refractivity contribution in [1.82, 2.24) is 14.5 Å². The Morgan fingerprint density at radius 3 is 2.56 bits per heavy atom. The number of carbonyl (C=O) groups is 1. The highest BCUT2D eigenvalue weighted by molar-refractivity contribution is 5.91. The Labute approximate surface area is 145 Å². The molecule has 0 aliphatic heterocycles. The maximum absolute atomic E-state index is 12.6. The molecule has 1 amide bonds. The average Bonchev–Trinajstić information content (AvgIpc) is 2.92. The summed E-state index contributed by atoms with van der Waals surface area (Å²) in [5.74, 6) is 0.230. The number of nitrogens with zero attached hydrogens (tertiary/aromatic N) is 3. The molecule has 1 aromatic carbocycles. The highest BCUT2D eigenvalue weighted by Crippen LogP contribution is 2.15. The van der Waals surface area contributed by atoms with Gasteiger partial charge in [-0.3, -0.25) is 14.2 Å². The summed E-state index contributed by atoms with van der Waals surface area (Å²) in [6, 6.07) is 9.25. The second-order valence-corrected chi connectivity index (χ2v) is 6.25. The van der Waals surface area contributed by atoms with Gasteiger partial charge in [-0.1, -0.05) is 0 Å². The zero-order valence-corrected chi connectivity index (χ0v) is 14.8. The number of H-pyrrole nitrogens is 1. The molecule has 0 atom stereocenters. The lowest BCUT2D eigenvalue weighted by molar-refractivity contribution is -0.116. The van der Waals surface area contributed by atoms with Crippen LogP contribution in [0.15, 0.2) is 35.1 Å². The summed E-state index contributed by atoms with van der Waals surface area (Å²) in [4.78, 5) is 34.3. The molecular weight excluding hydrogens is 318 g/mol. The molecule has 0 bridgehead atoms. The predicted octanol–water partition coefficient (Wildman–Crippen LogP) is 2.05. The van der Waals surface area contributed by atoms with Crippen molar-refractivity contribution in [1.29, 1.82) is 0 Å². The van der Waals surface area contributed by atoms with Gasteiger partial charge in [0.1, 0.15) is 18.0 Å². The van der Waals surface area contributed by atoms with E-state index in [0.29, 0.717) is 22.5 Å². The molecule has 0 unspecified atom stereocenters. The molecule has 0 saturated heterocycles. The molecule has 0 fully saturated rings. The quantitative estimate of drug-likeness (QED) is 0.762. The Balaban J connectivity index is 1.81. The van der Waals surface area contributed by atoms with Gasteiger partial charge in [0, 0.05) is 31.2 Å². The van der Waals surface area contributed by atoms with E-state index in [1.807, 2.05) is 50.2 Å². The van der Waals surface area contributed by atoms with E-state index in [1.165, 1.54) is 4.57 Å². The molecule has 3 rings (SSSR count). The van der Waals surface area contributed by atoms with E-state index in [2.05, 4.69) is 15.3 Å². The van der Waals surface area contributed by atoms with Gasteiger partial charge in [0.2, 0.25) is 5.91 Å². The van der Waals surface area contributed by atoms with Gasteiger partial charge in [-0.15, -0.1) is 0 Å². The first-order valence-electron chi connectivity index (χ1n) is 7.99. The van der Waals surface area contributed by atoms with Crippen LogP contribution in [0.4, 0.5) is 11.4 Å². The van der Waals surface area contributed by atoms with Crippen molar-refractivity contribution in [2.75, 3.05) is 24.3 Å². The van der Waals surface area contributed by atoms with E-state index in [0.717, 1.165) is 11.4 Å². The highest BCUT2D eigenvalue weighted by Gasteiger charge is 2.13. The Kier molecular flexibility index (Phi) is 4.31. The first kappa shape index (κ1) is 16.8. The first-order valence-corrected chi connectivity index (χ1v) is 7.99. The fourth-order valence-corrected chi connectivity index (χ4v) is 2.71. The van der Waals surface area contributed by atoms with Crippen molar-refractivity contribution in [3.63, 3.8) is 0 Å². The van der Waals surface area contributed by atoms with E-state index < -0.39 is 0 Å². The van der Waals surface area contributed by atoms with E-state index >= 15 is 0 Å². The molecule has 0 radical (unpaired) electrons. The zero-order valence-electron chi connectivity index (χ0n) is 14.8. The zero-order chi connectivity index (χ0) is 18.1. The molecule has 0 aliphatic rings. The highest BCUT2D eigenvalue weighted by atomic mass is 16.2. The van der Waals surface area contributed by atoms with Gasteiger partial charge in [-0.25, -0.2) is 4.98 Å². The van der Waals surface area contributed by atoms with Gasteiger partial charge in [-0.2, -0.15) is 0 Å². The summed E-state index contributed by atoms with van der Waals surface area (Å²) < 4.78 is 1.39. The summed E-state index contributed by atoms with van der Waals surface area (Å²) >= 11 is 0. The van der Waals surface area contributed by atoms with Crippen molar-refractivity contribution in [3.05, 3.63) is 52.2 Å². The Morgan fingerprint density at radius 2 is 1.92 bits per heavy atom. The maximum Gasteiger partial charge on any atom is 0.263 e. The topological polar surface area (TPSA) is 83.0 Å². The molecule has 0 aliphatic carbocycles. The monoisotopic (exact) mass is 339 g/mol. The molecular formula is C18H21N5O2. The Bertz CT molecular complexity index is 983. The number of hydrogen-bond donors (Lipinski definition) is 2. The van der Waals surface area contributed by atoms with Crippen molar-refractivity contribution in [2.24, 2.45) is 0 Å². The molecule has 130 valence electrons. The van der Waals surface area contributed by atoms with Gasteiger partial charge in [0.15, 0.2) is 0 Å². The Hall–Kier alpha value is -3.09. The van der Waals surface area contributed by atoms with Crippen LogP contribution in [0.3, 0.4) is 0 Å². The smallest absolute Gasteiger partial charge is 0.263 e. The summed E-state index contributed by atoms with van der Waals surface area (Å²) in [6.45, 7) is 3.51. The fraction of sp³-hybridized carbons (Fsp3) is 0.278. The number of nitrogens with one attached hydrogen (secondary N) is 2. The van der Waals surface area contributed by atoms with Crippen molar-refractivity contribution < 1.29 is 4.79 Å². The molecule has 2 heterocycles. The minimum atomic E-state index is -0.267. The number of anilines is 2. The lowest BCUT2D eigenvalue weighted by atomic mass is 10.2. The largest absolute Gasteiger partial charge is 0.378 e. The number of aromatic nitrogens is 3. The minimum Gasteiger partial charge on any atom is -0.378 e. The van der Waals surface area contributed by atoms with Crippen LogP contribution in [0.5, 0.6) is 0 Å². The fourth-order valence-electron chi connectivity index (χ4n) is 2.71. The SMILES string of the molecule is Cc1cc2c(=O)n(CC(=O)Nc3ccc(N(C)C)cc3)c(C)nc2[nH]1. The van der Waals surface area contributed by atoms with Gasteiger partial charge in [-0.05, 0) is 44.2 Å². The first-order chi connectivity index (χ1) is 11.8. The van der Waals surface area contributed by atoms with Gasteiger partial charge < -0.3 is 15.2 Å². The molecule has 2 aromatic heterocycles. The summed E-state index contributed by atoms with van der Waals surface area (Å²) in [6.07, 6.45) is 0. The lowest BCUT2D eigenvalue weighted by Crippen LogP contribution is -2.30. The van der Waals surface area contributed by atoms with Crippen LogP contribution in [0.1, 0.15) is 11.5 Å². The third-order valence-corrected chi connectivity index (χ3v) is 4.04.